The molecule has 2 aromatic rings. The average Bonchev–Trinajstić information content (AvgIpc) is 2.86. The van der Waals surface area contributed by atoms with Crippen LogP contribution in [-0.4, -0.2) is 12.4 Å². The lowest BCUT2D eigenvalue weighted by atomic mass is 9.94. The molecule has 4 heteroatoms. The molecule has 98 valence electrons. The fraction of sp³-hybridized carbons (Fsp3) is 0.267. The highest BCUT2D eigenvalue weighted by Gasteiger charge is 2.24. The van der Waals surface area contributed by atoms with Crippen LogP contribution in [0.25, 0.3) is 0 Å². The second-order valence-corrected chi connectivity index (χ2v) is 5.32. The molecule has 0 radical (unpaired) electrons. The third kappa shape index (κ3) is 2.65. The summed E-state index contributed by atoms with van der Waals surface area (Å²) in [7, 11) is 0. The van der Waals surface area contributed by atoms with Crippen LogP contribution in [0.4, 0.5) is 0 Å². The third-order valence-corrected chi connectivity index (χ3v) is 3.74. The Morgan fingerprint density at radius 2 is 2.11 bits per heavy atom. The van der Waals surface area contributed by atoms with E-state index in [2.05, 4.69) is 22.0 Å². The number of ether oxygens (including phenoxy) is 1. The summed E-state index contributed by atoms with van der Waals surface area (Å²) < 4.78 is 11.6. The molecular formula is C15H13BrO3. The zero-order valence-corrected chi connectivity index (χ0v) is 11.9. The van der Waals surface area contributed by atoms with Crippen LogP contribution in [0.15, 0.2) is 45.5 Å². The minimum atomic E-state index is -0.165. The second kappa shape index (κ2) is 5.31. The van der Waals surface area contributed by atoms with Crippen LogP contribution in [0, 0.1) is 0 Å². The Morgan fingerprint density at radius 1 is 1.26 bits per heavy atom. The number of furan rings is 1. The molecular weight excluding hydrogens is 308 g/mol. The van der Waals surface area contributed by atoms with Gasteiger partial charge in [-0.2, -0.15) is 0 Å². The number of rotatable bonds is 3. The molecule has 0 saturated carbocycles. The lowest BCUT2D eigenvalue weighted by Gasteiger charge is -2.25. The molecule has 0 bridgehead atoms. The van der Waals surface area contributed by atoms with Crippen LogP contribution in [0.3, 0.4) is 0 Å². The number of fused-ring (bicyclic) bond motifs is 1. The van der Waals surface area contributed by atoms with Gasteiger partial charge in [-0.3, -0.25) is 4.79 Å². The van der Waals surface area contributed by atoms with Crippen LogP contribution in [0.1, 0.15) is 34.2 Å². The van der Waals surface area contributed by atoms with Gasteiger partial charge in [0.1, 0.15) is 0 Å². The number of benzene rings is 1. The highest BCUT2D eigenvalue weighted by atomic mass is 79.9. The van der Waals surface area contributed by atoms with Crippen molar-refractivity contribution in [3.05, 3.63) is 58.0 Å². The summed E-state index contributed by atoms with van der Waals surface area (Å²) in [6, 6.07) is 11.5. The van der Waals surface area contributed by atoms with E-state index in [9.17, 15) is 4.79 Å². The fourth-order valence-electron chi connectivity index (χ4n) is 2.38. The topological polar surface area (TPSA) is 39.4 Å². The lowest BCUT2D eigenvalue weighted by Crippen LogP contribution is -2.19. The molecule has 1 aliphatic rings. The van der Waals surface area contributed by atoms with E-state index < -0.39 is 0 Å². The van der Waals surface area contributed by atoms with Crippen molar-refractivity contribution < 1.29 is 13.9 Å². The second-order valence-electron chi connectivity index (χ2n) is 4.54. The largest absolute Gasteiger partial charge is 0.446 e. The third-order valence-electron chi connectivity index (χ3n) is 3.31. The number of carbonyl (C=O) groups is 1. The van der Waals surface area contributed by atoms with E-state index in [0.717, 1.165) is 12.0 Å². The first-order valence-corrected chi connectivity index (χ1v) is 7.01. The predicted molar refractivity (Wildman–Crippen MR) is 74.2 cm³/mol. The zero-order valence-electron chi connectivity index (χ0n) is 10.3. The number of hydrogen-bond acceptors (Lipinski definition) is 3. The van der Waals surface area contributed by atoms with Crippen molar-refractivity contribution in [3.63, 3.8) is 0 Å². The molecule has 0 fully saturated rings. The van der Waals surface area contributed by atoms with Gasteiger partial charge in [-0.15, -0.1) is 0 Å². The maximum Gasteiger partial charge on any atom is 0.200 e. The number of ketones is 1. The van der Waals surface area contributed by atoms with Crippen molar-refractivity contribution in [3.8, 4) is 0 Å². The summed E-state index contributed by atoms with van der Waals surface area (Å²) in [5.74, 6) is 0.339. The van der Waals surface area contributed by atoms with Gasteiger partial charge in [0, 0.05) is 6.42 Å². The van der Waals surface area contributed by atoms with Crippen LogP contribution >= 0.6 is 15.9 Å². The Balaban J connectivity index is 1.79. The van der Waals surface area contributed by atoms with Crippen molar-refractivity contribution in [2.45, 2.75) is 18.9 Å². The van der Waals surface area contributed by atoms with Crippen molar-refractivity contribution in [2.24, 2.45) is 0 Å². The van der Waals surface area contributed by atoms with Crippen LogP contribution in [-0.2, 0) is 11.2 Å². The van der Waals surface area contributed by atoms with E-state index in [0.29, 0.717) is 23.5 Å². The Kier molecular flexibility index (Phi) is 3.53. The van der Waals surface area contributed by atoms with Crippen LogP contribution < -0.4 is 0 Å². The standard InChI is InChI=1S/C15H13BrO3/c16-15-6-5-13(19-15)12(17)9-14-11-4-2-1-3-10(11)7-8-18-14/h1-6,14H,7-9H2. The molecule has 0 spiro atoms. The van der Waals surface area contributed by atoms with Gasteiger partial charge in [-0.25, -0.2) is 0 Å². The molecule has 0 aliphatic carbocycles. The first-order valence-electron chi connectivity index (χ1n) is 6.22. The number of halogens is 1. The molecule has 1 aromatic carbocycles. The molecule has 0 saturated heterocycles. The van der Waals surface area contributed by atoms with Crippen molar-refractivity contribution in [1.29, 1.82) is 0 Å². The Hall–Kier alpha value is -1.39. The van der Waals surface area contributed by atoms with E-state index in [-0.39, 0.29) is 11.9 Å². The van der Waals surface area contributed by atoms with Gasteiger partial charge in [-0.05, 0) is 45.6 Å². The molecule has 0 N–H and O–H groups in total. The predicted octanol–water partition coefficient (Wildman–Crippen LogP) is 3.93. The van der Waals surface area contributed by atoms with Gasteiger partial charge in [0.25, 0.3) is 0 Å². The number of Topliss-reactive ketones (excluding diaryl/α,β-unsaturated/α-hetero) is 1. The van der Waals surface area contributed by atoms with E-state index in [1.54, 1.807) is 12.1 Å². The molecule has 1 aromatic heterocycles. The zero-order chi connectivity index (χ0) is 13.2. The van der Waals surface area contributed by atoms with Gasteiger partial charge in [-0.1, -0.05) is 24.3 Å². The van der Waals surface area contributed by atoms with Gasteiger partial charge in [0.05, 0.1) is 12.7 Å². The van der Waals surface area contributed by atoms with Crippen LogP contribution in [0.2, 0.25) is 0 Å². The van der Waals surface area contributed by atoms with Crippen molar-refractivity contribution in [1.82, 2.24) is 0 Å². The van der Waals surface area contributed by atoms with Crippen LogP contribution in [0.5, 0.6) is 0 Å². The van der Waals surface area contributed by atoms with Gasteiger partial charge in [0.2, 0.25) is 5.78 Å². The van der Waals surface area contributed by atoms with Crippen molar-refractivity contribution in [2.75, 3.05) is 6.61 Å². The molecule has 1 aliphatic heterocycles. The van der Waals surface area contributed by atoms with Gasteiger partial charge in [0.15, 0.2) is 10.4 Å². The summed E-state index contributed by atoms with van der Waals surface area (Å²) in [4.78, 5) is 12.1. The quantitative estimate of drug-likeness (QED) is 0.804. The smallest absolute Gasteiger partial charge is 0.200 e. The Labute approximate surface area is 119 Å². The van der Waals surface area contributed by atoms with E-state index in [4.69, 9.17) is 9.15 Å². The number of carbonyl (C=O) groups excluding carboxylic acids is 1. The molecule has 19 heavy (non-hydrogen) atoms. The summed E-state index contributed by atoms with van der Waals surface area (Å²) in [6.07, 6.45) is 1.06. The maximum absolute atomic E-state index is 12.1. The highest BCUT2D eigenvalue weighted by molar-refractivity contribution is 9.10. The minimum Gasteiger partial charge on any atom is -0.446 e. The SMILES string of the molecule is O=C(CC1OCCc2ccccc21)c1ccc(Br)o1. The Bertz CT molecular complexity index is 603. The minimum absolute atomic E-state index is 0.0348. The lowest BCUT2D eigenvalue weighted by molar-refractivity contribution is 0.0343. The van der Waals surface area contributed by atoms with E-state index >= 15 is 0 Å². The average molecular weight is 321 g/mol. The maximum atomic E-state index is 12.1. The van der Waals surface area contributed by atoms with E-state index in [1.165, 1.54) is 5.56 Å². The first-order chi connectivity index (χ1) is 9.24. The number of hydrogen-bond donors (Lipinski definition) is 0. The molecule has 1 unspecified atom stereocenters. The summed E-state index contributed by atoms with van der Waals surface area (Å²) in [6.45, 7) is 0.664. The van der Waals surface area contributed by atoms with Gasteiger partial charge < -0.3 is 9.15 Å². The molecule has 3 rings (SSSR count). The highest BCUT2D eigenvalue weighted by Crippen LogP contribution is 2.30. The monoisotopic (exact) mass is 320 g/mol. The summed E-state index contributed by atoms with van der Waals surface area (Å²) in [5.41, 5.74) is 2.39. The normalized spacial score (nSPS) is 18.1. The first kappa shape index (κ1) is 12.6. The molecule has 0 amide bonds. The molecule has 3 nitrogen and oxygen atoms in total. The van der Waals surface area contributed by atoms with E-state index in [1.807, 2.05) is 18.2 Å². The molecule has 2 heterocycles. The summed E-state index contributed by atoms with van der Waals surface area (Å²) >= 11 is 3.20. The fourth-order valence-corrected chi connectivity index (χ4v) is 2.69. The Morgan fingerprint density at radius 3 is 2.89 bits per heavy atom. The molecule has 1 atom stereocenters. The summed E-state index contributed by atoms with van der Waals surface area (Å²) in [5, 5.41) is 0. The van der Waals surface area contributed by atoms with Crippen molar-refractivity contribution >= 4 is 21.7 Å². The van der Waals surface area contributed by atoms with Gasteiger partial charge >= 0.3 is 0 Å².